The van der Waals surface area contributed by atoms with Gasteiger partial charge in [0.25, 0.3) is 0 Å². The third-order valence-corrected chi connectivity index (χ3v) is 5.77. The molecule has 6 heteroatoms. The molecule has 1 aliphatic carbocycles. The molecule has 1 saturated carbocycles. The minimum Gasteiger partial charge on any atom is -0.373 e. The van der Waals surface area contributed by atoms with E-state index < -0.39 is 0 Å². The number of carbonyl (C=O) groups is 1. The van der Waals surface area contributed by atoms with Gasteiger partial charge in [-0.3, -0.25) is 4.79 Å². The Balaban J connectivity index is 1.49. The molecule has 3 heterocycles. The van der Waals surface area contributed by atoms with Gasteiger partial charge in [0.2, 0.25) is 11.9 Å². The summed E-state index contributed by atoms with van der Waals surface area (Å²) in [5.74, 6) is 2.79. The van der Waals surface area contributed by atoms with Gasteiger partial charge in [-0.2, -0.15) is 4.98 Å². The summed E-state index contributed by atoms with van der Waals surface area (Å²) in [4.78, 5) is 25.8. The number of likely N-dealkylation sites (tertiary alicyclic amines) is 1. The van der Waals surface area contributed by atoms with Gasteiger partial charge in [-0.25, -0.2) is 4.98 Å². The highest BCUT2D eigenvalue weighted by molar-refractivity contribution is 5.77. The highest BCUT2D eigenvalue weighted by atomic mass is 16.2. The zero-order chi connectivity index (χ0) is 16.6. The number of hydrogen-bond donors (Lipinski definition) is 1. The number of nitrogens with zero attached hydrogens (tertiary/aromatic N) is 4. The fraction of sp³-hybridized carbons (Fsp3) is 0.722. The van der Waals surface area contributed by atoms with E-state index in [1.54, 1.807) is 0 Å². The highest BCUT2D eigenvalue weighted by Crippen LogP contribution is 2.41. The first-order valence-corrected chi connectivity index (χ1v) is 9.21. The van der Waals surface area contributed by atoms with Crippen molar-refractivity contribution in [1.29, 1.82) is 0 Å². The monoisotopic (exact) mass is 329 g/mol. The third-order valence-electron chi connectivity index (χ3n) is 5.77. The summed E-state index contributed by atoms with van der Waals surface area (Å²) in [6, 6.07) is 1.89. The van der Waals surface area contributed by atoms with E-state index in [1.807, 2.05) is 19.3 Å². The molecule has 1 N–H and O–H groups in total. The molecule has 130 valence electrons. The number of hydrogen-bond acceptors (Lipinski definition) is 5. The minimum absolute atomic E-state index is 0.222. The molecule has 0 bridgehead atoms. The Bertz CT molecular complexity index is 617. The lowest BCUT2D eigenvalue weighted by molar-refractivity contribution is -0.138. The molecule has 1 atom stereocenters. The van der Waals surface area contributed by atoms with Crippen LogP contribution >= 0.6 is 0 Å². The summed E-state index contributed by atoms with van der Waals surface area (Å²) >= 11 is 0. The molecule has 4 rings (SSSR count). The smallest absolute Gasteiger partial charge is 0.227 e. The number of carbonyl (C=O) groups excluding carboxylic acids is 1. The van der Waals surface area contributed by atoms with E-state index in [2.05, 4.69) is 25.1 Å². The molecular formula is C18H27N5O. The van der Waals surface area contributed by atoms with Crippen LogP contribution in [0.3, 0.4) is 0 Å². The first-order valence-electron chi connectivity index (χ1n) is 9.21. The van der Waals surface area contributed by atoms with E-state index in [9.17, 15) is 4.79 Å². The maximum absolute atomic E-state index is 12.3. The van der Waals surface area contributed by atoms with Crippen molar-refractivity contribution in [3.05, 3.63) is 12.3 Å². The van der Waals surface area contributed by atoms with Gasteiger partial charge in [0.1, 0.15) is 5.82 Å². The molecule has 1 aromatic heterocycles. The van der Waals surface area contributed by atoms with Crippen molar-refractivity contribution in [2.45, 2.75) is 38.5 Å². The molecule has 0 aromatic carbocycles. The van der Waals surface area contributed by atoms with E-state index in [4.69, 9.17) is 0 Å². The van der Waals surface area contributed by atoms with Crippen molar-refractivity contribution < 1.29 is 4.79 Å². The largest absolute Gasteiger partial charge is 0.373 e. The van der Waals surface area contributed by atoms with E-state index in [1.165, 1.54) is 19.3 Å². The van der Waals surface area contributed by atoms with Gasteiger partial charge in [-0.1, -0.05) is 0 Å². The molecule has 2 aliphatic heterocycles. The minimum atomic E-state index is 0.222. The molecule has 1 amide bonds. The third kappa shape index (κ3) is 3.19. The van der Waals surface area contributed by atoms with Crippen molar-refractivity contribution in [2.24, 2.45) is 11.3 Å². The highest BCUT2D eigenvalue weighted by Gasteiger charge is 2.43. The van der Waals surface area contributed by atoms with Gasteiger partial charge in [-0.15, -0.1) is 0 Å². The van der Waals surface area contributed by atoms with Crippen LogP contribution in [-0.4, -0.2) is 54.0 Å². The summed E-state index contributed by atoms with van der Waals surface area (Å²) in [6.45, 7) is 3.87. The van der Waals surface area contributed by atoms with E-state index in [-0.39, 0.29) is 5.41 Å². The zero-order valence-corrected chi connectivity index (χ0v) is 14.5. The normalized spacial score (nSPS) is 27.6. The summed E-state index contributed by atoms with van der Waals surface area (Å²) in [7, 11) is 1.88. The Morgan fingerprint density at radius 2 is 2.21 bits per heavy atom. The van der Waals surface area contributed by atoms with Crippen molar-refractivity contribution >= 4 is 17.7 Å². The van der Waals surface area contributed by atoms with Gasteiger partial charge in [0, 0.05) is 51.3 Å². The van der Waals surface area contributed by atoms with Crippen LogP contribution in [-0.2, 0) is 4.79 Å². The lowest BCUT2D eigenvalue weighted by Crippen LogP contribution is -2.54. The number of piperidine rings is 2. The summed E-state index contributed by atoms with van der Waals surface area (Å²) in [5.41, 5.74) is 0.222. The Morgan fingerprint density at radius 1 is 1.33 bits per heavy atom. The summed E-state index contributed by atoms with van der Waals surface area (Å²) in [6.07, 6.45) is 8.50. The van der Waals surface area contributed by atoms with Crippen LogP contribution in [0.5, 0.6) is 0 Å². The predicted octanol–water partition coefficient (Wildman–Crippen LogP) is 2.14. The fourth-order valence-electron chi connectivity index (χ4n) is 4.23. The number of nitrogens with one attached hydrogen (secondary N) is 1. The molecular weight excluding hydrogens is 302 g/mol. The van der Waals surface area contributed by atoms with Crippen LogP contribution in [0.1, 0.15) is 38.5 Å². The molecule has 3 aliphatic rings. The quantitative estimate of drug-likeness (QED) is 0.917. The van der Waals surface area contributed by atoms with Crippen molar-refractivity contribution in [3.8, 4) is 0 Å². The van der Waals surface area contributed by atoms with Crippen LogP contribution in [0.15, 0.2) is 12.3 Å². The molecule has 3 fully saturated rings. The van der Waals surface area contributed by atoms with Crippen LogP contribution < -0.4 is 10.2 Å². The molecule has 1 aromatic rings. The fourth-order valence-corrected chi connectivity index (χ4v) is 4.23. The zero-order valence-electron chi connectivity index (χ0n) is 14.5. The molecule has 6 nitrogen and oxygen atoms in total. The van der Waals surface area contributed by atoms with E-state index >= 15 is 0 Å². The number of rotatable bonds is 4. The van der Waals surface area contributed by atoms with E-state index in [0.717, 1.165) is 56.7 Å². The second kappa shape index (κ2) is 6.22. The Labute approximate surface area is 143 Å². The topological polar surface area (TPSA) is 61.4 Å². The predicted molar refractivity (Wildman–Crippen MR) is 94.0 cm³/mol. The Kier molecular flexibility index (Phi) is 4.06. The van der Waals surface area contributed by atoms with Gasteiger partial charge in [0.05, 0.1) is 0 Å². The maximum Gasteiger partial charge on any atom is 0.227 e. The molecule has 1 unspecified atom stereocenters. The van der Waals surface area contributed by atoms with Crippen LogP contribution in [0.2, 0.25) is 0 Å². The van der Waals surface area contributed by atoms with Crippen molar-refractivity contribution in [3.63, 3.8) is 0 Å². The second-order valence-corrected chi connectivity index (χ2v) is 7.73. The molecule has 2 saturated heterocycles. The lowest BCUT2D eigenvalue weighted by Gasteiger charge is -2.48. The van der Waals surface area contributed by atoms with Gasteiger partial charge >= 0.3 is 0 Å². The van der Waals surface area contributed by atoms with Crippen molar-refractivity contribution in [2.75, 3.05) is 43.4 Å². The lowest BCUT2D eigenvalue weighted by atomic mass is 9.73. The van der Waals surface area contributed by atoms with Gasteiger partial charge in [0.15, 0.2) is 0 Å². The summed E-state index contributed by atoms with van der Waals surface area (Å²) < 4.78 is 0. The standard InChI is InChI=1S/C18H27N5O/c1-19-15-6-9-20-17(21-15)22-10-2-7-18(12-22)8-5-16(24)23(13-18)11-14-3-4-14/h6,9,14H,2-5,7-8,10-13H2,1H3,(H,19,20,21). The Morgan fingerprint density at radius 3 is 3.00 bits per heavy atom. The van der Waals surface area contributed by atoms with Gasteiger partial charge in [-0.05, 0) is 44.1 Å². The number of anilines is 2. The SMILES string of the molecule is CNc1ccnc(N2CCCC3(CCC(=O)N(CC4CC4)C3)C2)n1. The van der Waals surface area contributed by atoms with E-state index in [0.29, 0.717) is 12.3 Å². The average molecular weight is 329 g/mol. The first-order chi connectivity index (χ1) is 11.7. The van der Waals surface area contributed by atoms with Crippen LogP contribution in [0.25, 0.3) is 0 Å². The Hall–Kier alpha value is -1.85. The number of amides is 1. The van der Waals surface area contributed by atoms with Crippen LogP contribution in [0, 0.1) is 11.3 Å². The number of aromatic nitrogens is 2. The van der Waals surface area contributed by atoms with Crippen molar-refractivity contribution in [1.82, 2.24) is 14.9 Å². The molecule has 24 heavy (non-hydrogen) atoms. The average Bonchev–Trinajstić information content (AvgIpc) is 3.43. The van der Waals surface area contributed by atoms with Crippen LogP contribution in [0.4, 0.5) is 11.8 Å². The first kappa shape index (κ1) is 15.7. The van der Waals surface area contributed by atoms with Gasteiger partial charge < -0.3 is 15.1 Å². The molecule has 1 spiro atoms. The molecule has 0 radical (unpaired) electrons. The summed E-state index contributed by atoms with van der Waals surface area (Å²) in [5, 5.41) is 3.09. The maximum atomic E-state index is 12.3. The second-order valence-electron chi connectivity index (χ2n) is 7.73.